The van der Waals surface area contributed by atoms with Crippen LogP contribution in [0.2, 0.25) is 0 Å². The average Bonchev–Trinajstić information content (AvgIpc) is 3.36. The van der Waals surface area contributed by atoms with Gasteiger partial charge in [-0.15, -0.1) is 0 Å². The van der Waals surface area contributed by atoms with Crippen LogP contribution in [0.1, 0.15) is 34.8 Å². The number of aryl methyl sites for hydroxylation is 1. The van der Waals surface area contributed by atoms with Crippen molar-refractivity contribution in [1.82, 2.24) is 20.4 Å². The van der Waals surface area contributed by atoms with Crippen LogP contribution in [0.5, 0.6) is 0 Å². The maximum atomic E-state index is 12.1. The summed E-state index contributed by atoms with van der Waals surface area (Å²) in [5.74, 6) is 1.51. The van der Waals surface area contributed by atoms with E-state index in [4.69, 9.17) is 8.94 Å². The number of rotatable bonds is 6. The standard InChI is InChI=1S/C21H24N4O3/c1-15-10-19(24-28-15)20(26)22-11-16-6-5-9-25(12-16)13-18-14-27-21(23-18)17-7-3-2-4-8-17/h2-4,7-8,10,14,16H,5-6,9,11-13H2,1H3,(H,22,26). The van der Waals surface area contributed by atoms with Gasteiger partial charge in [0.05, 0.1) is 5.69 Å². The molecular weight excluding hydrogens is 356 g/mol. The lowest BCUT2D eigenvalue weighted by Crippen LogP contribution is -2.40. The first-order valence-corrected chi connectivity index (χ1v) is 9.61. The second-order valence-corrected chi connectivity index (χ2v) is 7.29. The van der Waals surface area contributed by atoms with Crippen molar-refractivity contribution >= 4 is 5.91 Å². The summed E-state index contributed by atoms with van der Waals surface area (Å²) in [5, 5.41) is 6.73. The van der Waals surface area contributed by atoms with Crippen LogP contribution in [0.4, 0.5) is 0 Å². The normalized spacial score (nSPS) is 17.5. The summed E-state index contributed by atoms with van der Waals surface area (Å²) in [7, 11) is 0. The van der Waals surface area contributed by atoms with Gasteiger partial charge in [-0.25, -0.2) is 4.98 Å². The number of amides is 1. The highest BCUT2D eigenvalue weighted by atomic mass is 16.5. The minimum Gasteiger partial charge on any atom is -0.444 e. The Morgan fingerprint density at radius 3 is 2.96 bits per heavy atom. The molecule has 1 aromatic carbocycles. The van der Waals surface area contributed by atoms with Crippen molar-refractivity contribution in [3.8, 4) is 11.5 Å². The number of aromatic nitrogens is 2. The molecule has 1 atom stereocenters. The smallest absolute Gasteiger partial charge is 0.273 e. The fraction of sp³-hybridized carbons (Fsp3) is 0.381. The molecule has 146 valence electrons. The molecule has 0 bridgehead atoms. The van der Waals surface area contributed by atoms with E-state index in [2.05, 4.69) is 20.4 Å². The first-order chi connectivity index (χ1) is 13.7. The number of hydrogen-bond donors (Lipinski definition) is 1. The highest BCUT2D eigenvalue weighted by Gasteiger charge is 2.22. The van der Waals surface area contributed by atoms with Crippen LogP contribution in [0.15, 0.2) is 51.6 Å². The third-order valence-electron chi connectivity index (χ3n) is 4.97. The van der Waals surface area contributed by atoms with Crippen molar-refractivity contribution in [2.75, 3.05) is 19.6 Å². The van der Waals surface area contributed by atoms with Crippen LogP contribution < -0.4 is 5.32 Å². The summed E-state index contributed by atoms with van der Waals surface area (Å²) in [6, 6.07) is 11.6. The topological polar surface area (TPSA) is 84.4 Å². The van der Waals surface area contributed by atoms with Crippen LogP contribution >= 0.6 is 0 Å². The van der Waals surface area contributed by atoms with Gasteiger partial charge in [0.25, 0.3) is 5.91 Å². The van der Waals surface area contributed by atoms with Crippen molar-refractivity contribution in [3.05, 3.63) is 59.8 Å². The first-order valence-electron chi connectivity index (χ1n) is 9.61. The third kappa shape index (κ3) is 4.48. The number of likely N-dealkylation sites (tertiary alicyclic amines) is 1. The number of carbonyl (C=O) groups excluding carboxylic acids is 1. The molecule has 28 heavy (non-hydrogen) atoms. The van der Waals surface area contributed by atoms with E-state index in [0.29, 0.717) is 29.8 Å². The number of hydrogen-bond acceptors (Lipinski definition) is 6. The zero-order valence-electron chi connectivity index (χ0n) is 15.9. The molecular formula is C21H24N4O3. The Balaban J connectivity index is 1.29. The van der Waals surface area contributed by atoms with Gasteiger partial charge in [0, 0.05) is 31.3 Å². The van der Waals surface area contributed by atoms with Crippen molar-refractivity contribution in [2.24, 2.45) is 5.92 Å². The summed E-state index contributed by atoms with van der Waals surface area (Å²) in [5.41, 5.74) is 2.25. The number of carbonyl (C=O) groups is 1. The third-order valence-corrected chi connectivity index (χ3v) is 4.97. The van der Waals surface area contributed by atoms with Crippen LogP contribution in [0, 0.1) is 12.8 Å². The van der Waals surface area contributed by atoms with Gasteiger partial charge in [-0.05, 0) is 44.4 Å². The summed E-state index contributed by atoms with van der Waals surface area (Å²) in [6.07, 6.45) is 3.94. The summed E-state index contributed by atoms with van der Waals surface area (Å²) in [4.78, 5) is 19.1. The van der Waals surface area contributed by atoms with Gasteiger partial charge in [-0.2, -0.15) is 0 Å². The monoisotopic (exact) mass is 380 g/mol. The van der Waals surface area contributed by atoms with Crippen molar-refractivity contribution in [3.63, 3.8) is 0 Å². The highest BCUT2D eigenvalue weighted by molar-refractivity contribution is 5.92. The van der Waals surface area contributed by atoms with Gasteiger partial charge in [0.15, 0.2) is 5.69 Å². The number of oxazole rings is 1. The molecule has 0 spiro atoms. The van der Waals surface area contributed by atoms with Gasteiger partial charge in [-0.1, -0.05) is 23.4 Å². The zero-order chi connectivity index (χ0) is 19.3. The molecule has 1 amide bonds. The van der Waals surface area contributed by atoms with E-state index in [1.54, 1.807) is 19.3 Å². The van der Waals surface area contributed by atoms with E-state index < -0.39 is 0 Å². The van der Waals surface area contributed by atoms with Crippen LogP contribution in [-0.2, 0) is 6.54 Å². The predicted molar refractivity (Wildman–Crippen MR) is 104 cm³/mol. The Morgan fingerprint density at radius 1 is 1.32 bits per heavy atom. The van der Waals surface area contributed by atoms with E-state index in [0.717, 1.165) is 43.7 Å². The molecule has 1 fully saturated rings. The van der Waals surface area contributed by atoms with E-state index in [-0.39, 0.29) is 5.91 Å². The van der Waals surface area contributed by atoms with Crippen LogP contribution in [-0.4, -0.2) is 40.6 Å². The summed E-state index contributed by atoms with van der Waals surface area (Å²) in [6.45, 7) is 5.11. The lowest BCUT2D eigenvalue weighted by molar-refractivity contribution is 0.0921. The van der Waals surface area contributed by atoms with Gasteiger partial charge in [0.2, 0.25) is 5.89 Å². The maximum absolute atomic E-state index is 12.1. The Kier molecular flexibility index (Phi) is 5.53. The predicted octanol–water partition coefficient (Wildman–Crippen LogP) is 3.28. The van der Waals surface area contributed by atoms with Crippen molar-refractivity contribution in [2.45, 2.75) is 26.3 Å². The summed E-state index contributed by atoms with van der Waals surface area (Å²) < 4.78 is 10.6. The zero-order valence-corrected chi connectivity index (χ0v) is 15.9. The molecule has 3 heterocycles. The molecule has 0 radical (unpaired) electrons. The number of nitrogens with zero attached hydrogens (tertiary/aromatic N) is 3. The van der Waals surface area contributed by atoms with E-state index in [1.165, 1.54) is 0 Å². The van der Waals surface area contributed by atoms with E-state index >= 15 is 0 Å². The molecule has 1 saturated heterocycles. The van der Waals surface area contributed by atoms with Gasteiger partial charge in [-0.3, -0.25) is 9.69 Å². The molecule has 7 heteroatoms. The molecule has 0 saturated carbocycles. The molecule has 1 unspecified atom stereocenters. The Bertz CT molecular complexity index is 919. The lowest BCUT2D eigenvalue weighted by Gasteiger charge is -2.32. The SMILES string of the molecule is Cc1cc(C(=O)NCC2CCCN(Cc3coc(-c4ccccc4)n3)C2)no1. The first kappa shape index (κ1) is 18.4. The van der Waals surface area contributed by atoms with E-state index in [1.807, 2.05) is 30.3 Å². The largest absolute Gasteiger partial charge is 0.444 e. The van der Waals surface area contributed by atoms with Gasteiger partial charge >= 0.3 is 0 Å². The van der Waals surface area contributed by atoms with Crippen LogP contribution in [0.25, 0.3) is 11.5 Å². The molecule has 3 aromatic rings. The fourth-order valence-corrected chi connectivity index (χ4v) is 3.58. The molecule has 1 N–H and O–H groups in total. The molecule has 2 aromatic heterocycles. The highest BCUT2D eigenvalue weighted by Crippen LogP contribution is 2.21. The molecule has 0 aliphatic carbocycles. The maximum Gasteiger partial charge on any atom is 0.273 e. The van der Waals surface area contributed by atoms with Crippen molar-refractivity contribution in [1.29, 1.82) is 0 Å². The minimum atomic E-state index is -0.182. The number of nitrogens with one attached hydrogen (secondary N) is 1. The average molecular weight is 380 g/mol. The molecule has 1 aliphatic rings. The van der Waals surface area contributed by atoms with Gasteiger partial charge < -0.3 is 14.3 Å². The Morgan fingerprint density at radius 2 is 2.18 bits per heavy atom. The molecule has 1 aliphatic heterocycles. The number of piperidine rings is 1. The fourth-order valence-electron chi connectivity index (χ4n) is 3.58. The molecule has 7 nitrogen and oxygen atoms in total. The van der Waals surface area contributed by atoms with Gasteiger partial charge in [0.1, 0.15) is 12.0 Å². The minimum absolute atomic E-state index is 0.182. The Labute approximate surface area is 163 Å². The van der Waals surface area contributed by atoms with E-state index in [9.17, 15) is 4.79 Å². The number of benzene rings is 1. The Hall–Kier alpha value is -2.93. The second-order valence-electron chi connectivity index (χ2n) is 7.29. The lowest BCUT2D eigenvalue weighted by atomic mass is 9.98. The quantitative estimate of drug-likeness (QED) is 0.706. The van der Waals surface area contributed by atoms with Crippen LogP contribution in [0.3, 0.4) is 0 Å². The second kappa shape index (κ2) is 8.39. The summed E-state index contributed by atoms with van der Waals surface area (Å²) >= 11 is 0. The van der Waals surface area contributed by atoms with Crippen molar-refractivity contribution < 1.29 is 13.7 Å². The molecule has 4 rings (SSSR count).